The smallest absolute Gasteiger partial charge is 0.0113 e. The van der Waals surface area contributed by atoms with E-state index in [1.165, 1.54) is 64.8 Å². The largest absolute Gasteiger partial charge is 0.301 e. The molecule has 2 aliphatic rings. The van der Waals surface area contributed by atoms with Crippen LogP contribution < -0.4 is 0 Å². The van der Waals surface area contributed by atoms with E-state index in [1.807, 2.05) is 0 Å². The predicted octanol–water partition coefficient (Wildman–Crippen LogP) is 2.59. The van der Waals surface area contributed by atoms with E-state index in [0.29, 0.717) is 0 Å². The highest BCUT2D eigenvalue weighted by atomic mass is 15.3. The van der Waals surface area contributed by atoms with Crippen molar-refractivity contribution in [3.8, 4) is 0 Å². The molecule has 2 nitrogen and oxygen atoms in total. The number of nitrogens with zero attached hydrogens (tertiary/aromatic N) is 2. The molecule has 2 fully saturated rings. The summed E-state index contributed by atoms with van der Waals surface area (Å²) in [7, 11) is 0. The molecule has 2 heteroatoms. The summed E-state index contributed by atoms with van der Waals surface area (Å²) in [6.07, 6.45) is 7.11. The van der Waals surface area contributed by atoms with Gasteiger partial charge in [-0.15, -0.1) is 0 Å². The molecule has 0 radical (unpaired) electrons. The zero-order valence-electron chi connectivity index (χ0n) is 11.1. The normalized spacial score (nSPS) is 25.9. The first kappa shape index (κ1) is 12.4. The van der Waals surface area contributed by atoms with Crippen LogP contribution in [0.3, 0.4) is 0 Å². The van der Waals surface area contributed by atoms with Crippen molar-refractivity contribution >= 4 is 0 Å². The maximum absolute atomic E-state index is 2.69. The van der Waals surface area contributed by atoms with E-state index in [1.54, 1.807) is 0 Å². The molecule has 0 spiro atoms. The van der Waals surface area contributed by atoms with Crippen LogP contribution in [0.15, 0.2) is 0 Å². The Morgan fingerprint density at radius 3 is 2.38 bits per heavy atom. The van der Waals surface area contributed by atoms with Crippen LogP contribution >= 0.6 is 0 Å². The lowest BCUT2D eigenvalue weighted by atomic mass is 10.1. The Labute approximate surface area is 101 Å². The summed E-state index contributed by atoms with van der Waals surface area (Å²) < 4.78 is 0. The van der Waals surface area contributed by atoms with Crippen molar-refractivity contribution in [3.05, 3.63) is 0 Å². The molecule has 1 saturated heterocycles. The van der Waals surface area contributed by atoms with Gasteiger partial charge in [0.15, 0.2) is 0 Å². The van der Waals surface area contributed by atoms with Gasteiger partial charge in [-0.25, -0.2) is 0 Å². The third-order valence-corrected chi connectivity index (χ3v) is 4.22. The minimum Gasteiger partial charge on any atom is -0.301 e. The molecule has 0 N–H and O–H groups in total. The van der Waals surface area contributed by atoms with E-state index in [2.05, 4.69) is 23.6 Å². The van der Waals surface area contributed by atoms with E-state index in [-0.39, 0.29) is 0 Å². The molecule has 1 unspecified atom stereocenters. The number of piperazine rings is 1. The second-order valence-corrected chi connectivity index (χ2v) is 5.77. The number of unbranched alkanes of at least 4 members (excludes halogenated alkanes) is 1. The SMILES string of the molecule is CCCCC(C)N1CCN(CC2CC2)CC1. The second kappa shape index (κ2) is 6.02. The standard InChI is InChI=1S/C14H28N2/c1-3-4-5-13(2)16-10-8-15(9-11-16)12-14-6-7-14/h13-14H,3-12H2,1-2H3. The summed E-state index contributed by atoms with van der Waals surface area (Å²) in [5, 5.41) is 0. The number of rotatable bonds is 6. The van der Waals surface area contributed by atoms with Gasteiger partial charge in [0.25, 0.3) is 0 Å². The van der Waals surface area contributed by atoms with E-state index in [9.17, 15) is 0 Å². The van der Waals surface area contributed by atoms with Crippen LogP contribution in [0.5, 0.6) is 0 Å². The Morgan fingerprint density at radius 1 is 1.12 bits per heavy atom. The van der Waals surface area contributed by atoms with Crippen molar-refractivity contribution in [2.45, 2.75) is 52.0 Å². The molecule has 1 aliphatic carbocycles. The number of hydrogen-bond donors (Lipinski definition) is 0. The maximum atomic E-state index is 2.69. The monoisotopic (exact) mass is 224 g/mol. The van der Waals surface area contributed by atoms with Gasteiger partial charge in [-0.2, -0.15) is 0 Å². The molecule has 94 valence electrons. The minimum absolute atomic E-state index is 0.808. The fourth-order valence-electron chi connectivity index (χ4n) is 2.73. The van der Waals surface area contributed by atoms with Crippen LogP contribution in [0.2, 0.25) is 0 Å². The first-order valence-electron chi connectivity index (χ1n) is 7.26. The minimum atomic E-state index is 0.808. The van der Waals surface area contributed by atoms with E-state index >= 15 is 0 Å². The van der Waals surface area contributed by atoms with Gasteiger partial charge in [-0.05, 0) is 32.1 Å². The van der Waals surface area contributed by atoms with Gasteiger partial charge in [0.1, 0.15) is 0 Å². The molecule has 0 aromatic heterocycles. The van der Waals surface area contributed by atoms with Crippen LogP contribution in [-0.2, 0) is 0 Å². The van der Waals surface area contributed by atoms with Crippen molar-refractivity contribution in [1.82, 2.24) is 9.80 Å². The second-order valence-electron chi connectivity index (χ2n) is 5.77. The van der Waals surface area contributed by atoms with E-state index < -0.39 is 0 Å². The molecule has 0 amide bonds. The van der Waals surface area contributed by atoms with Crippen molar-refractivity contribution in [1.29, 1.82) is 0 Å². The van der Waals surface area contributed by atoms with Crippen molar-refractivity contribution in [3.63, 3.8) is 0 Å². The fourth-order valence-corrected chi connectivity index (χ4v) is 2.73. The third kappa shape index (κ3) is 3.74. The topological polar surface area (TPSA) is 6.48 Å². The highest BCUT2D eigenvalue weighted by Gasteiger charge is 2.27. The lowest BCUT2D eigenvalue weighted by molar-refractivity contribution is 0.0951. The molecule has 1 heterocycles. The molecular weight excluding hydrogens is 196 g/mol. The quantitative estimate of drug-likeness (QED) is 0.684. The van der Waals surface area contributed by atoms with Crippen molar-refractivity contribution < 1.29 is 0 Å². The molecule has 2 rings (SSSR count). The van der Waals surface area contributed by atoms with Gasteiger partial charge in [0, 0.05) is 38.8 Å². The van der Waals surface area contributed by atoms with Crippen LogP contribution in [0, 0.1) is 5.92 Å². The summed E-state index contributed by atoms with van der Waals surface area (Å²) in [6.45, 7) is 11.3. The lowest BCUT2D eigenvalue weighted by Gasteiger charge is -2.38. The van der Waals surface area contributed by atoms with Gasteiger partial charge in [-0.3, -0.25) is 4.90 Å². The Hall–Kier alpha value is -0.0800. The fraction of sp³-hybridized carbons (Fsp3) is 1.00. The molecule has 0 aromatic rings. The van der Waals surface area contributed by atoms with Crippen LogP contribution in [0.4, 0.5) is 0 Å². The first-order chi connectivity index (χ1) is 7.79. The average molecular weight is 224 g/mol. The Morgan fingerprint density at radius 2 is 1.81 bits per heavy atom. The summed E-state index contributed by atoms with van der Waals surface area (Å²) in [6, 6.07) is 0.808. The summed E-state index contributed by atoms with van der Waals surface area (Å²) in [4.78, 5) is 5.37. The zero-order chi connectivity index (χ0) is 11.4. The maximum Gasteiger partial charge on any atom is 0.0113 e. The highest BCUT2D eigenvalue weighted by Crippen LogP contribution is 2.30. The Bertz CT molecular complexity index is 193. The first-order valence-corrected chi connectivity index (χ1v) is 7.26. The van der Waals surface area contributed by atoms with Gasteiger partial charge in [0.2, 0.25) is 0 Å². The molecular formula is C14H28N2. The van der Waals surface area contributed by atoms with Gasteiger partial charge in [-0.1, -0.05) is 19.8 Å². The lowest BCUT2D eigenvalue weighted by Crippen LogP contribution is -2.49. The summed E-state index contributed by atoms with van der Waals surface area (Å²) in [5.41, 5.74) is 0. The molecule has 0 bridgehead atoms. The third-order valence-electron chi connectivity index (χ3n) is 4.22. The molecule has 0 aromatic carbocycles. The molecule has 16 heavy (non-hydrogen) atoms. The highest BCUT2D eigenvalue weighted by molar-refractivity contribution is 4.81. The molecule has 1 aliphatic heterocycles. The van der Waals surface area contributed by atoms with E-state index in [0.717, 1.165) is 12.0 Å². The van der Waals surface area contributed by atoms with Crippen LogP contribution in [0.25, 0.3) is 0 Å². The van der Waals surface area contributed by atoms with Crippen molar-refractivity contribution in [2.24, 2.45) is 5.92 Å². The summed E-state index contributed by atoms with van der Waals surface area (Å²) >= 11 is 0. The Kier molecular flexibility index (Phi) is 4.66. The van der Waals surface area contributed by atoms with Gasteiger partial charge >= 0.3 is 0 Å². The average Bonchev–Trinajstić information content (AvgIpc) is 3.11. The van der Waals surface area contributed by atoms with Crippen molar-refractivity contribution in [2.75, 3.05) is 32.7 Å². The molecule has 1 saturated carbocycles. The Balaban J connectivity index is 1.63. The zero-order valence-corrected chi connectivity index (χ0v) is 11.1. The number of hydrogen-bond acceptors (Lipinski definition) is 2. The van der Waals surface area contributed by atoms with E-state index in [4.69, 9.17) is 0 Å². The van der Waals surface area contributed by atoms with Crippen LogP contribution in [0.1, 0.15) is 46.0 Å². The van der Waals surface area contributed by atoms with Gasteiger partial charge < -0.3 is 4.90 Å². The molecule has 1 atom stereocenters. The predicted molar refractivity (Wildman–Crippen MR) is 69.7 cm³/mol. The van der Waals surface area contributed by atoms with Gasteiger partial charge in [0.05, 0.1) is 0 Å². The summed E-state index contributed by atoms with van der Waals surface area (Å²) in [5.74, 6) is 1.06. The van der Waals surface area contributed by atoms with Crippen LogP contribution in [-0.4, -0.2) is 48.6 Å².